The summed E-state index contributed by atoms with van der Waals surface area (Å²) in [5.74, 6) is 0.199. The summed E-state index contributed by atoms with van der Waals surface area (Å²) < 4.78 is 51.1. The number of hydrogen-bond donors (Lipinski definition) is 0. The van der Waals surface area contributed by atoms with Gasteiger partial charge in [0, 0.05) is 38.3 Å². The van der Waals surface area contributed by atoms with E-state index in [-0.39, 0.29) is 41.8 Å². The molecule has 178 valence electrons. The Morgan fingerprint density at radius 2 is 1.62 bits per heavy atom. The van der Waals surface area contributed by atoms with Gasteiger partial charge in [0.1, 0.15) is 0 Å². The van der Waals surface area contributed by atoms with Gasteiger partial charge in [-0.3, -0.25) is 9.69 Å². The van der Waals surface area contributed by atoms with Crippen LogP contribution < -0.4 is 0 Å². The zero-order valence-corrected chi connectivity index (χ0v) is 20.1. The number of sulfonamides is 1. The number of rotatable bonds is 7. The van der Waals surface area contributed by atoms with Crippen LogP contribution in [0.5, 0.6) is 0 Å². The molecule has 8 nitrogen and oxygen atoms in total. The fourth-order valence-corrected chi connectivity index (χ4v) is 8.42. The Hall–Kier alpha value is -1.49. The normalized spacial score (nSPS) is 25.2. The zero-order valence-electron chi connectivity index (χ0n) is 18.4. The maximum Gasteiger partial charge on any atom is 0.237 e. The minimum absolute atomic E-state index is 0.0143. The first-order chi connectivity index (χ1) is 15.2. The molecule has 3 fully saturated rings. The van der Waals surface area contributed by atoms with Gasteiger partial charge in [-0.15, -0.1) is 0 Å². The Kier molecular flexibility index (Phi) is 7.24. The molecule has 1 saturated carbocycles. The van der Waals surface area contributed by atoms with Crippen molar-refractivity contribution in [2.24, 2.45) is 0 Å². The van der Waals surface area contributed by atoms with Crippen molar-refractivity contribution in [3.8, 4) is 0 Å². The second-order valence-corrected chi connectivity index (χ2v) is 13.4. The van der Waals surface area contributed by atoms with Crippen molar-refractivity contribution in [1.29, 1.82) is 0 Å². The molecule has 0 radical (unpaired) electrons. The molecule has 3 aliphatic rings. The maximum absolute atomic E-state index is 13.3. The number of amides is 1. The van der Waals surface area contributed by atoms with E-state index in [2.05, 4.69) is 0 Å². The standard InChI is InChI=1S/C22H33N3O5S2/c26-22(25(20-8-4-5-9-20)21-10-15-31(27,28)18-21)16-23-11-13-24(14-12-23)32(29,30)17-19-6-2-1-3-7-19/h1-3,6-7,20-21H,4-5,8-18H2. The molecule has 10 heteroatoms. The highest BCUT2D eigenvalue weighted by atomic mass is 32.2. The quantitative estimate of drug-likeness (QED) is 0.576. The predicted molar refractivity (Wildman–Crippen MR) is 123 cm³/mol. The lowest BCUT2D eigenvalue weighted by atomic mass is 10.1. The summed E-state index contributed by atoms with van der Waals surface area (Å²) in [5.41, 5.74) is 0.767. The predicted octanol–water partition coefficient (Wildman–Crippen LogP) is 1.09. The minimum Gasteiger partial charge on any atom is -0.335 e. The molecular weight excluding hydrogens is 450 g/mol. The summed E-state index contributed by atoms with van der Waals surface area (Å²) in [6.07, 6.45) is 4.55. The lowest BCUT2D eigenvalue weighted by molar-refractivity contribution is -0.137. The summed E-state index contributed by atoms with van der Waals surface area (Å²) in [7, 11) is -6.47. The van der Waals surface area contributed by atoms with Crippen LogP contribution in [0, 0.1) is 0 Å². The topological polar surface area (TPSA) is 95.1 Å². The smallest absolute Gasteiger partial charge is 0.237 e. The molecule has 0 spiro atoms. The number of nitrogens with zero attached hydrogens (tertiary/aromatic N) is 3. The molecule has 1 aliphatic carbocycles. The summed E-state index contributed by atoms with van der Waals surface area (Å²) in [5, 5.41) is 0. The van der Waals surface area contributed by atoms with Crippen LogP contribution in [0.4, 0.5) is 0 Å². The van der Waals surface area contributed by atoms with E-state index >= 15 is 0 Å². The van der Waals surface area contributed by atoms with Crippen molar-refractivity contribution in [1.82, 2.24) is 14.1 Å². The molecule has 1 unspecified atom stereocenters. The molecule has 1 atom stereocenters. The van der Waals surface area contributed by atoms with Crippen LogP contribution in [0.15, 0.2) is 30.3 Å². The van der Waals surface area contributed by atoms with Crippen LogP contribution >= 0.6 is 0 Å². The van der Waals surface area contributed by atoms with Gasteiger partial charge in [0.05, 0.1) is 23.8 Å². The summed E-state index contributed by atoms with van der Waals surface area (Å²) in [4.78, 5) is 17.1. The summed E-state index contributed by atoms with van der Waals surface area (Å²) in [6, 6.07) is 9.07. The van der Waals surface area contributed by atoms with E-state index in [9.17, 15) is 21.6 Å². The third kappa shape index (κ3) is 5.70. The lowest BCUT2D eigenvalue weighted by Crippen LogP contribution is -2.54. The molecule has 1 amide bonds. The lowest BCUT2D eigenvalue weighted by Gasteiger charge is -2.38. The summed E-state index contributed by atoms with van der Waals surface area (Å²) in [6.45, 7) is 1.95. The van der Waals surface area contributed by atoms with Gasteiger partial charge >= 0.3 is 0 Å². The first-order valence-corrected chi connectivity index (χ1v) is 14.9. The van der Waals surface area contributed by atoms with Crippen molar-refractivity contribution in [2.75, 3.05) is 44.2 Å². The van der Waals surface area contributed by atoms with E-state index in [1.54, 1.807) is 0 Å². The molecule has 0 bridgehead atoms. The first-order valence-electron chi connectivity index (χ1n) is 11.5. The summed E-state index contributed by atoms with van der Waals surface area (Å²) >= 11 is 0. The van der Waals surface area contributed by atoms with Gasteiger partial charge in [0.2, 0.25) is 15.9 Å². The number of benzene rings is 1. The monoisotopic (exact) mass is 483 g/mol. The van der Waals surface area contributed by atoms with Crippen LogP contribution in [0.3, 0.4) is 0 Å². The molecule has 2 heterocycles. The van der Waals surface area contributed by atoms with Crippen molar-refractivity contribution in [3.05, 3.63) is 35.9 Å². The van der Waals surface area contributed by atoms with E-state index in [1.165, 1.54) is 4.31 Å². The second kappa shape index (κ2) is 9.79. The van der Waals surface area contributed by atoms with Gasteiger partial charge in [0.15, 0.2) is 9.84 Å². The second-order valence-electron chi connectivity index (χ2n) is 9.21. The van der Waals surface area contributed by atoms with Crippen molar-refractivity contribution in [2.45, 2.75) is 49.9 Å². The highest BCUT2D eigenvalue weighted by Crippen LogP contribution is 2.29. The third-order valence-electron chi connectivity index (χ3n) is 6.88. The Morgan fingerprint density at radius 1 is 0.969 bits per heavy atom. The van der Waals surface area contributed by atoms with Crippen LogP contribution in [-0.4, -0.2) is 93.2 Å². The van der Waals surface area contributed by atoms with Crippen molar-refractivity contribution < 1.29 is 21.6 Å². The third-order valence-corrected chi connectivity index (χ3v) is 10.5. The molecule has 0 aromatic heterocycles. The van der Waals surface area contributed by atoms with Crippen LogP contribution in [0.1, 0.15) is 37.7 Å². The average Bonchev–Trinajstić information content (AvgIpc) is 3.39. The molecule has 2 saturated heterocycles. The van der Waals surface area contributed by atoms with Crippen LogP contribution in [0.25, 0.3) is 0 Å². The van der Waals surface area contributed by atoms with E-state index < -0.39 is 19.9 Å². The van der Waals surface area contributed by atoms with Gasteiger partial charge in [-0.1, -0.05) is 43.2 Å². The largest absolute Gasteiger partial charge is 0.335 e. The van der Waals surface area contributed by atoms with Crippen LogP contribution in [0.2, 0.25) is 0 Å². The van der Waals surface area contributed by atoms with E-state index in [0.717, 1.165) is 31.2 Å². The van der Waals surface area contributed by atoms with Gasteiger partial charge in [0.25, 0.3) is 0 Å². The highest BCUT2D eigenvalue weighted by Gasteiger charge is 2.39. The van der Waals surface area contributed by atoms with Gasteiger partial charge in [-0.2, -0.15) is 4.31 Å². The minimum atomic E-state index is -3.40. The molecular formula is C22H33N3O5S2. The van der Waals surface area contributed by atoms with Gasteiger partial charge in [-0.05, 0) is 24.8 Å². The van der Waals surface area contributed by atoms with Gasteiger partial charge < -0.3 is 4.90 Å². The van der Waals surface area contributed by atoms with Crippen LogP contribution in [-0.2, 0) is 30.4 Å². The highest BCUT2D eigenvalue weighted by molar-refractivity contribution is 7.91. The van der Waals surface area contributed by atoms with Crippen molar-refractivity contribution >= 4 is 25.8 Å². The van der Waals surface area contributed by atoms with Crippen molar-refractivity contribution in [3.63, 3.8) is 0 Å². The molecule has 1 aromatic carbocycles. The van der Waals surface area contributed by atoms with E-state index in [0.29, 0.717) is 32.6 Å². The number of piperazine rings is 1. The Bertz CT molecular complexity index is 999. The Morgan fingerprint density at radius 3 is 2.22 bits per heavy atom. The molecule has 32 heavy (non-hydrogen) atoms. The van der Waals surface area contributed by atoms with E-state index in [1.807, 2.05) is 40.1 Å². The fraction of sp³-hybridized carbons (Fsp3) is 0.682. The molecule has 2 aliphatic heterocycles. The fourth-order valence-electron chi connectivity index (χ4n) is 5.20. The number of hydrogen-bond acceptors (Lipinski definition) is 6. The number of carbonyl (C=O) groups excluding carboxylic acids is 1. The maximum atomic E-state index is 13.3. The Balaban J connectivity index is 1.34. The number of carbonyl (C=O) groups is 1. The van der Waals surface area contributed by atoms with Gasteiger partial charge in [-0.25, -0.2) is 16.8 Å². The first kappa shape index (κ1) is 23.7. The molecule has 4 rings (SSSR count). The molecule has 1 aromatic rings. The number of sulfone groups is 1. The zero-order chi connectivity index (χ0) is 22.8. The molecule has 0 N–H and O–H groups in total. The van der Waals surface area contributed by atoms with E-state index in [4.69, 9.17) is 0 Å². The Labute approximate surface area is 191 Å². The average molecular weight is 484 g/mol. The SMILES string of the molecule is O=C(CN1CCN(S(=O)(=O)Cc2ccccc2)CC1)N(C1CCCC1)C1CCS(=O)(=O)C1.